The summed E-state index contributed by atoms with van der Waals surface area (Å²) in [5, 5.41) is 3.00. The van der Waals surface area contributed by atoms with Crippen LogP contribution in [0.15, 0.2) is 84.9 Å². The summed E-state index contributed by atoms with van der Waals surface area (Å²) in [6.45, 7) is 2.27. The van der Waals surface area contributed by atoms with Crippen LogP contribution in [0.5, 0.6) is 0 Å². The number of aryl methyl sites for hydroxylation is 1. The number of imide groups is 1. The monoisotopic (exact) mass is 370 g/mol. The number of carbonyl (C=O) groups is 2. The molecule has 0 bridgehead atoms. The Kier molecular flexibility index (Phi) is 4.70. The van der Waals surface area contributed by atoms with E-state index in [2.05, 4.69) is 5.32 Å². The smallest absolute Gasteiger partial charge is 0.319 e. The minimum absolute atomic E-state index is 0.215. The lowest BCUT2D eigenvalue weighted by Crippen LogP contribution is -2.46. The van der Waals surface area contributed by atoms with Gasteiger partial charge in [0.1, 0.15) is 0 Å². The molecule has 0 spiro atoms. The molecule has 140 valence electrons. The number of benzene rings is 3. The number of carbonyl (C=O) groups excluding carboxylic acids is 2. The first-order valence-electron chi connectivity index (χ1n) is 9.38. The van der Waals surface area contributed by atoms with E-state index in [1.807, 2.05) is 91.9 Å². The predicted octanol–water partition coefficient (Wildman–Crippen LogP) is 4.19. The van der Waals surface area contributed by atoms with E-state index in [1.54, 1.807) is 0 Å². The standard InChI is InChI=1S/C24H22N2O2/c1-18-12-14-20(15-13-18)17-26-22(27)24(25-23(26)28,21-10-6-3-7-11-21)16-19-8-4-2-5-9-19/h2-15H,16-17H2,1H3,(H,25,28). The Bertz CT molecular complexity index is 984. The first-order chi connectivity index (χ1) is 13.6. The van der Waals surface area contributed by atoms with Crippen molar-refractivity contribution in [1.29, 1.82) is 0 Å². The van der Waals surface area contributed by atoms with Crippen LogP contribution in [-0.4, -0.2) is 16.8 Å². The van der Waals surface area contributed by atoms with Crippen LogP contribution in [0.4, 0.5) is 4.79 Å². The molecule has 0 saturated carbocycles. The summed E-state index contributed by atoms with van der Waals surface area (Å²) in [4.78, 5) is 27.7. The van der Waals surface area contributed by atoms with Crippen molar-refractivity contribution in [1.82, 2.24) is 10.2 Å². The van der Waals surface area contributed by atoms with E-state index in [0.717, 1.165) is 22.3 Å². The maximum Gasteiger partial charge on any atom is 0.325 e. The minimum atomic E-state index is -1.09. The van der Waals surface area contributed by atoms with Gasteiger partial charge < -0.3 is 5.32 Å². The van der Waals surface area contributed by atoms with Crippen LogP contribution in [0.1, 0.15) is 22.3 Å². The Hall–Kier alpha value is -3.40. The van der Waals surface area contributed by atoms with Crippen LogP contribution in [0.25, 0.3) is 0 Å². The maximum absolute atomic E-state index is 13.6. The molecule has 1 aliphatic rings. The van der Waals surface area contributed by atoms with E-state index in [9.17, 15) is 9.59 Å². The molecule has 0 aromatic heterocycles. The molecule has 1 unspecified atom stereocenters. The Balaban J connectivity index is 1.71. The molecule has 1 aliphatic heterocycles. The maximum atomic E-state index is 13.6. The van der Waals surface area contributed by atoms with E-state index < -0.39 is 5.54 Å². The van der Waals surface area contributed by atoms with Gasteiger partial charge in [-0.3, -0.25) is 9.69 Å². The average Bonchev–Trinajstić information content (AvgIpc) is 2.96. The van der Waals surface area contributed by atoms with Crippen molar-refractivity contribution in [3.05, 3.63) is 107 Å². The van der Waals surface area contributed by atoms with Crippen molar-refractivity contribution in [3.63, 3.8) is 0 Å². The third kappa shape index (κ3) is 3.29. The summed E-state index contributed by atoms with van der Waals surface area (Å²) in [6, 6.07) is 26.8. The fourth-order valence-electron chi connectivity index (χ4n) is 3.69. The molecule has 1 atom stereocenters. The molecular formula is C24H22N2O2. The summed E-state index contributed by atoms with van der Waals surface area (Å²) in [5.41, 5.74) is 2.77. The normalized spacial score (nSPS) is 19.0. The lowest BCUT2D eigenvalue weighted by molar-refractivity contribution is -0.132. The summed E-state index contributed by atoms with van der Waals surface area (Å²) >= 11 is 0. The van der Waals surface area contributed by atoms with Crippen LogP contribution in [0, 0.1) is 6.92 Å². The molecule has 1 heterocycles. The zero-order chi connectivity index (χ0) is 19.6. The van der Waals surface area contributed by atoms with Gasteiger partial charge in [0, 0.05) is 6.42 Å². The van der Waals surface area contributed by atoms with Gasteiger partial charge in [0.25, 0.3) is 5.91 Å². The molecule has 3 amide bonds. The Morgan fingerprint density at radius 2 is 1.39 bits per heavy atom. The molecule has 28 heavy (non-hydrogen) atoms. The van der Waals surface area contributed by atoms with Gasteiger partial charge in [-0.2, -0.15) is 0 Å². The van der Waals surface area contributed by atoms with E-state index in [0.29, 0.717) is 6.42 Å². The number of nitrogens with one attached hydrogen (secondary N) is 1. The fourth-order valence-corrected chi connectivity index (χ4v) is 3.69. The molecule has 1 saturated heterocycles. The average molecular weight is 370 g/mol. The highest BCUT2D eigenvalue weighted by Gasteiger charge is 2.52. The highest BCUT2D eigenvalue weighted by molar-refractivity contribution is 6.07. The van der Waals surface area contributed by atoms with Crippen LogP contribution in [0.3, 0.4) is 0 Å². The summed E-state index contributed by atoms with van der Waals surface area (Å²) in [7, 11) is 0. The van der Waals surface area contributed by atoms with Crippen LogP contribution in [0.2, 0.25) is 0 Å². The third-order valence-electron chi connectivity index (χ3n) is 5.22. The van der Waals surface area contributed by atoms with Gasteiger partial charge in [-0.1, -0.05) is 90.5 Å². The van der Waals surface area contributed by atoms with Crippen LogP contribution >= 0.6 is 0 Å². The van der Waals surface area contributed by atoms with E-state index in [4.69, 9.17) is 0 Å². The lowest BCUT2D eigenvalue weighted by Gasteiger charge is -2.27. The largest absolute Gasteiger partial charge is 0.325 e. The van der Waals surface area contributed by atoms with Crippen LogP contribution < -0.4 is 5.32 Å². The summed E-state index contributed by atoms with van der Waals surface area (Å²) < 4.78 is 0. The number of hydrogen-bond acceptors (Lipinski definition) is 2. The summed E-state index contributed by atoms with van der Waals surface area (Å²) in [6.07, 6.45) is 0.410. The molecule has 1 N–H and O–H groups in total. The van der Waals surface area contributed by atoms with Crippen molar-refractivity contribution >= 4 is 11.9 Å². The van der Waals surface area contributed by atoms with Gasteiger partial charge in [-0.15, -0.1) is 0 Å². The van der Waals surface area contributed by atoms with Crippen molar-refractivity contribution in [2.75, 3.05) is 0 Å². The Labute approximate surface area is 164 Å². The molecule has 3 aromatic rings. The number of hydrogen-bond donors (Lipinski definition) is 1. The highest BCUT2D eigenvalue weighted by Crippen LogP contribution is 2.33. The molecular weight excluding hydrogens is 348 g/mol. The molecule has 4 heteroatoms. The second-order valence-electron chi connectivity index (χ2n) is 7.24. The summed E-state index contributed by atoms with van der Waals surface area (Å²) in [5.74, 6) is -0.215. The van der Waals surface area contributed by atoms with E-state index >= 15 is 0 Å². The number of nitrogens with zero attached hydrogens (tertiary/aromatic N) is 1. The molecule has 0 aliphatic carbocycles. The second kappa shape index (κ2) is 7.31. The zero-order valence-corrected chi connectivity index (χ0v) is 15.8. The van der Waals surface area contributed by atoms with Crippen LogP contribution in [-0.2, 0) is 23.3 Å². The fraction of sp³-hybridized carbons (Fsp3) is 0.167. The topological polar surface area (TPSA) is 49.4 Å². The highest BCUT2D eigenvalue weighted by atomic mass is 16.2. The number of rotatable bonds is 5. The quantitative estimate of drug-likeness (QED) is 0.685. The van der Waals surface area contributed by atoms with Crippen molar-refractivity contribution in [3.8, 4) is 0 Å². The third-order valence-corrected chi connectivity index (χ3v) is 5.22. The molecule has 0 radical (unpaired) electrons. The first-order valence-corrected chi connectivity index (χ1v) is 9.38. The van der Waals surface area contributed by atoms with Gasteiger partial charge >= 0.3 is 6.03 Å². The molecule has 1 fully saturated rings. The molecule has 3 aromatic carbocycles. The van der Waals surface area contributed by atoms with Gasteiger partial charge in [0.2, 0.25) is 0 Å². The van der Waals surface area contributed by atoms with E-state index in [1.165, 1.54) is 4.90 Å². The lowest BCUT2D eigenvalue weighted by atomic mass is 9.83. The molecule has 4 rings (SSSR count). The SMILES string of the molecule is Cc1ccc(CN2C(=O)NC(Cc3ccccc3)(c3ccccc3)C2=O)cc1. The zero-order valence-electron chi connectivity index (χ0n) is 15.8. The Morgan fingerprint density at radius 1 is 0.786 bits per heavy atom. The first kappa shape index (κ1) is 18.0. The Morgan fingerprint density at radius 3 is 2.04 bits per heavy atom. The molecule has 4 nitrogen and oxygen atoms in total. The number of urea groups is 1. The van der Waals surface area contributed by atoms with Crippen molar-refractivity contribution in [2.45, 2.75) is 25.4 Å². The van der Waals surface area contributed by atoms with Crippen molar-refractivity contribution < 1.29 is 9.59 Å². The minimum Gasteiger partial charge on any atom is -0.319 e. The van der Waals surface area contributed by atoms with E-state index in [-0.39, 0.29) is 18.5 Å². The van der Waals surface area contributed by atoms with Gasteiger partial charge in [0.15, 0.2) is 5.54 Å². The number of amides is 3. The predicted molar refractivity (Wildman–Crippen MR) is 109 cm³/mol. The van der Waals surface area contributed by atoms with Gasteiger partial charge in [-0.25, -0.2) is 4.79 Å². The second-order valence-corrected chi connectivity index (χ2v) is 7.24. The van der Waals surface area contributed by atoms with Gasteiger partial charge in [0.05, 0.1) is 6.54 Å². The van der Waals surface area contributed by atoms with Gasteiger partial charge in [-0.05, 0) is 23.6 Å². The van der Waals surface area contributed by atoms with Crippen molar-refractivity contribution in [2.24, 2.45) is 0 Å².